The van der Waals surface area contributed by atoms with Crippen molar-refractivity contribution >= 4 is 41.2 Å². The van der Waals surface area contributed by atoms with Crippen LogP contribution in [0.2, 0.25) is 0 Å². The Morgan fingerprint density at radius 2 is 1.70 bits per heavy atom. The molecule has 4 aromatic carbocycles. The van der Waals surface area contributed by atoms with Crippen LogP contribution in [0.5, 0.6) is 0 Å². The first-order valence-corrected chi connectivity index (χ1v) is 18.7. The fourth-order valence-electron chi connectivity index (χ4n) is 8.18. The van der Waals surface area contributed by atoms with Gasteiger partial charge in [-0.1, -0.05) is 72.8 Å². The zero-order chi connectivity index (χ0) is 37.1. The molecule has 0 radical (unpaired) electrons. The lowest BCUT2D eigenvalue weighted by Gasteiger charge is -2.38. The highest BCUT2D eigenvalue weighted by molar-refractivity contribution is 6.00. The normalized spacial score (nSPS) is 17.4. The van der Waals surface area contributed by atoms with Gasteiger partial charge in [0, 0.05) is 24.0 Å². The van der Waals surface area contributed by atoms with Crippen molar-refractivity contribution < 1.29 is 19.5 Å². The summed E-state index contributed by atoms with van der Waals surface area (Å²) in [6, 6.07) is 26.6. The summed E-state index contributed by atoms with van der Waals surface area (Å²) in [5, 5.41) is 21.8. The number of rotatable bonds is 11. The number of carboxylic acid groups (broad SMARTS) is 1. The molecular weight excluding hydrogens is 661 g/mol. The highest BCUT2D eigenvalue weighted by atomic mass is 16.4. The van der Waals surface area contributed by atoms with Crippen molar-refractivity contribution in [2.45, 2.75) is 58.0 Å². The summed E-state index contributed by atoms with van der Waals surface area (Å²) in [4.78, 5) is 45.1. The number of aliphatic carboxylic acids is 1. The van der Waals surface area contributed by atoms with Crippen LogP contribution in [0.4, 0.5) is 5.69 Å². The van der Waals surface area contributed by atoms with Gasteiger partial charge < -0.3 is 25.5 Å². The van der Waals surface area contributed by atoms with Gasteiger partial charge in [0.1, 0.15) is 11.5 Å². The van der Waals surface area contributed by atoms with Gasteiger partial charge in [-0.3, -0.25) is 14.4 Å². The average Bonchev–Trinajstić information content (AvgIpc) is 3.31. The van der Waals surface area contributed by atoms with Crippen molar-refractivity contribution in [3.05, 3.63) is 140 Å². The van der Waals surface area contributed by atoms with Crippen molar-refractivity contribution in [2.75, 3.05) is 32.5 Å². The van der Waals surface area contributed by atoms with Crippen LogP contribution in [0.3, 0.4) is 0 Å². The Bertz CT molecular complexity index is 2320. The molecule has 272 valence electrons. The molecule has 0 fully saturated rings. The van der Waals surface area contributed by atoms with Gasteiger partial charge in [0.15, 0.2) is 0 Å². The molecular formula is C45H48N4O4. The van der Waals surface area contributed by atoms with Gasteiger partial charge in [-0.25, -0.2) is 0 Å². The number of hydrogen-bond acceptors (Lipinski definition) is 5. The van der Waals surface area contributed by atoms with Gasteiger partial charge in [0.25, 0.3) is 11.8 Å². The minimum atomic E-state index is -1.54. The molecule has 0 bridgehead atoms. The van der Waals surface area contributed by atoms with Gasteiger partial charge in [0.2, 0.25) is 0 Å². The topological polar surface area (TPSA) is 102 Å². The molecule has 3 aliphatic rings. The van der Waals surface area contributed by atoms with Gasteiger partial charge in [-0.2, -0.15) is 0 Å². The van der Waals surface area contributed by atoms with E-state index in [1.165, 1.54) is 5.56 Å². The van der Waals surface area contributed by atoms with E-state index in [0.717, 1.165) is 81.1 Å². The van der Waals surface area contributed by atoms with Crippen LogP contribution >= 0.6 is 0 Å². The summed E-state index contributed by atoms with van der Waals surface area (Å²) in [6.07, 6.45) is 10.7. The molecule has 0 saturated carbocycles. The minimum absolute atomic E-state index is 0.0621. The standard InChI is InChI=1S/C45H48N4O4/c1-45(44(52)53,41-43(51)49(27-24-30-12-5-4-6-13-30)29-33-14-7-8-17-40(33)47-41)39-16-11-15-35-37-21-18-31-28-32(42(50)46-25-9-10-26-48(2)3)19-20-34(31)36(37)22-23-38(35)39/h4-8,12-14,17-20,22-24,27-28,41,47H,9-11,15-16,21,25-26,29H2,1-3H3,(H,46,50)(H,52,53). The number of anilines is 1. The second kappa shape index (κ2) is 15.2. The molecule has 2 atom stereocenters. The van der Waals surface area contributed by atoms with Crippen molar-refractivity contribution in [1.82, 2.24) is 15.1 Å². The number of amides is 2. The second-order valence-corrected chi connectivity index (χ2v) is 14.9. The number of nitrogens with one attached hydrogen (secondary N) is 2. The van der Waals surface area contributed by atoms with Crippen molar-refractivity contribution in [1.29, 1.82) is 0 Å². The lowest BCUT2D eigenvalue weighted by molar-refractivity contribution is -0.149. The molecule has 53 heavy (non-hydrogen) atoms. The maximum atomic E-state index is 14.6. The number of nitrogens with zero attached hydrogens (tertiary/aromatic N) is 2. The SMILES string of the molecule is CN(C)CCCCNC(=O)c1ccc2c(c1)=CCc1c3c(ccc1=2)=C(C(C)(C(=O)O)C1Nc2ccccc2CN(C=Cc2ccccc2)C1=O)CCC3. The fourth-order valence-corrected chi connectivity index (χ4v) is 8.18. The summed E-state index contributed by atoms with van der Waals surface area (Å²) in [5.74, 6) is -1.38. The average molecular weight is 709 g/mol. The van der Waals surface area contributed by atoms with Gasteiger partial charge >= 0.3 is 5.97 Å². The third kappa shape index (κ3) is 7.16. The molecule has 8 nitrogen and oxygen atoms in total. The Morgan fingerprint density at radius 3 is 2.49 bits per heavy atom. The number of hydrogen-bond donors (Lipinski definition) is 3. The van der Waals surface area contributed by atoms with E-state index in [0.29, 0.717) is 31.5 Å². The predicted molar refractivity (Wildman–Crippen MR) is 210 cm³/mol. The van der Waals surface area contributed by atoms with E-state index in [1.807, 2.05) is 78.9 Å². The summed E-state index contributed by atoms with van der Waals surface area (Å²) in [5.41, 5.74) is 4.86. The fraction of sp³-hybridized carbons (Fsp3) is 0.311. The van der Waals surface area contributed by atoms with Crippen molar-refractivity contribution in [2.24, 2.45) is 5.41 Å². The van der Waals surface area contributed by atoms with Crippen molar-refractivity contribution in [3.8, 4) is 0 Å². The molecule has 0 saturated heterocycles. The van der Waals surface area contributed by atoms with E-state index in [1.54, 1.807) is 18.0 Å². The molecule has 3 N–H and O–H groups in total. The van der Waals surface area contributed by atoms with Crippen LogP contribution in [0.15, 0.2) is 91.1 Å². The molecule has 0 spiro atoms. The number of unbranched alkanes of at least 4 members (excludes halogenated alkanes) is 1. The Hall–Kier alpha value is -5.47. The first kappa shape index (κ1) is 35.9. The summed E-state index contributed by atoms with van der Waals surface area (Å²) < 4.78 is 0. The van der Waals surface area contributed by atoms with Crippen LogP contribution in [-0.4, -0.2) is 65.9 Å². The molecule has 2 amide bonds. The predicted octanol–water partition coefficient (Wildman–Crippen LogP) is 5.45. The monoisotopic (exact) mass is 708 g/mol. The van der Waals surface area contributed by atoms with Crippen LogP contribution in [0.1, 0.15) is 65.2 Å². The second-order valence-electron chi connectivity index (χ2n) is 14.9. The first-order chi connectivity index (χ1) is 25.6. The Morgan fingerprint density at radius 1 is 0.943 bits per heavy atom. The molecule has 1 heterocycles. The molecule has 7 rings (SSSR count). The third-order valence-electron chi connectivity index (χ3n) is 11.1. The van der Waals surface area contributed by atoms with E-state index in [2.05, 4.69) is 47.8 Å². The summed E-state index contributed by atoms with van der Waals surface area (Å²) >= 11 is 0. The number of para-hydroxylation sites is 1. The molecule has 2 unspecified atom stereocenters. The smallest absolute Gasteiger partial charge is 0.316 e. The number of benzene rings is 4. The number of carboxylic acids is 1. The molecule has 0 aromatic heterocycles. The summed E-state index contributed by atoms with van der Waals surface area (Å²) in [7, 11) is 4.11. The third-order valence-corrected chi connectivity index (χ3v) is 11.1. The van der Waals surface area contributed by atoms with Crippen LogP contribution in [-0.2, 0) is 29.0 Å². The molecule has 1 aliphatic heterocycles. The number of carbonyl (C=O) groups excluding carboxylic acids is 2. The van der Waals surface area contributed by atoms with E-state index in [4.69, 9.17) is 0 Å². The van der Waals surface area contributed by atoms with E-state index in [-0.39, 0.29) is 11.8 Å². The zero-order valence-corrected chi connectivity index (χ0v) is 30.8. The largest absolute Gasteiger partial charge is 0.481 e. The van der Waals surface area contributed by atoms with Crippen LogP contribution in [0, 0.1) is 15.9 Å². The van der Waals surface area contributed by atoms with E-state index < -0.39 is 17.4 Å². The molecule has 2 aliphatic carbocycles. The van der Waals surface area contributed by atoms with Crippen LogP contribution in [0.25, 0.3) is 17.7 Å². The van der Waals surface area contributed by atoms with E-state index in [9.17, 15) is 19.5 Å². The lowest BCUT2D eigenvalue weighted by Crippen LogP contribution is -2.54. The molecule has 8 heteroatoms. The Kier molecular flexibility index (Phi) is 10.3. The number of carbonyl (C=O) groups is 3. The highest BCUT2D eigenvalue weighted by Gasteiger charge is 2.51. The molecule has 4 aromatic rings. The van der Waals surface area contributed by atoms with Gasteiger partial charge in [0.05, 0.1) is 6.54 Å². The lowest BCUT2D eigenvalue weighted by atomic mass is 9.69. The zero-order valence-electron chi connectivity index (χ0n) is 30.8. The van der Waals surface area contributed by atoms with Gasteiger partial charge in [-0.05, 0) is 139 Å². The number of fused-ring (bicyclic) bond motifs is 5. The van der Waals surface area contributed by atoms with E-state index >= 15 is 0 Å². The van der Waals surface area contributed by atoms with Gasteiger partial charge in [-0.15, -0.1) is 0 Å². The Labute approximate surface area is 310 Å². The minimum Gasteiger partial charge on any atom is -0.481 e. The van der Waals surface area contributed by atoms with Crippen LogP contribution < -0.4 is 21.1 Å². The summed E-state index contributed by atoms with van der Waals surface area (Å²) in [6.45, 7) is 3.69. The maximum Gasteiger partial charge on any atom is 0.316 e. The highest BCUT2D eigenvalue weighted by Crippen LogP contribution is 2.41. The maximum absolute atomic E-state index is 14.6. The first-order valence-electron chi connectivity index (χ1n) is 18.7. The van der Waals surface area contributed by atoms with Crippen molar-refractivity contribution in [3.63, 3.8) is 0 Å². The Balaban J connectivity index is 1.28. The quantitative estimate of drug-likeness (QED) is 0.179.